The molecule has 2 aromatic carbocycles. The topological polar surface area (TPSA) is 55.5 Å². The second-order valence-corrected chi connectivity index (χ2v) is 4.00. The molecule has 100 valence electrons. The van der Waals surface area contributed by atoms with Gasteiger partial charge in [0.15, 0.2) is 0 Å². The van der Waals surface area contributed by atoms with E-state index in [4.69, 9.17) is 10.5 Å². The van der Waals surface area contributed by atoms with E-state index in [0.717, 1.165) is 12.1 Å². The summed E-state index contributed by atoms with van der Waals surface area (Å²) in [6, 6.07) is 8.08. The van der Waals surface area contributed by atoms with Crippen LogP contribution in [-0.2, 0) is 0 Å². The van der Waals surface area contributed by atoms with Crippen LogP contribution in [0, 0.1) is 11.6 Å². The summed E-state index contributed by atoms with van der Waals surface area (Å²) in [5.41, 5.74) is 5.72. The van der Waals surface area contributed by atoms with E-state index in [0.29, 0.717) is 5.75 Å². The van der Waals surface area contributed by atoms with Gasteiger partial charge in [0.2, 0.25) is 0 Å². The zero-order valence-corrected chi connectivity index (χ0v) is 10.2. The molecule has 0 fully saturated rings. The Kier molecular flexibility index (Phi) is 3.66. The van der Waals surface area contributed by atoms with Gasteiger partial charge < -0.3 is 15.6 Å². The molecule has 0 aromatic heterocycles. The van der Waals surface area contributed by atoms with Crippen LogP contribution in [-0.4, -0.2) is 12.2 Å². The summed E-state index contributed by atoms with van der Waals surface area (Å²) in [6.45, 7) is 0. The molecule has 3 nitrogen and oxygen atoms in total. The summed E-state index contributed by atoms with van der Waals surface area (Å²) in [7, 11) is 1.42. The van der Waals surface area contributed by atoms with Crippen molar-refractivity contribution >= 4 is 5.69 Å². The maximum Gasteiger partial charge on any atom is 0.142 e. The van der Waals surface area contributed by atoms with Crippen molar-refractivity contribution in [3.63, 3.8) is 0 Å². The third kappa shape index (κ3) is 2.37. The van der Waals surface area contributed by atoms with Crippen molar-refractivity contribution in [2.75, 3.05) is 12.8 Å². The Morgan fingerprint density at radius 3 is 2.26 bits per heavy atom. The van der Waals surface area contributed by atoms with E-state index < -0.39 is 23.3 Å². The Labute approximate surface area is 109 Å². The van der Waals surface area contributed by atoms with Gasteiger partial charge in [-0.25, -0.2) is 8.78 Å². The van der Waals surface area contributed by atoms with Crippen LogP contribution in [0.15, 0.2) is 36.4 Å². The third-order valence-corrected chi connectivity index (χ3v) is 2.89. The minimum atomic E-state index is -1.49. The number of methoxy groups -OCH3 is 1. The minimum Gasteiger partial charge on any atom is -0.495 e. The van der Waals surface area contributed by atoms with Crippen molar-refractivity contribution in [1.29, 1.82) is 0 Å². The van der Waals surface area contributed by atoms with Crippen molar-refractivity contribution in [3.05, 3.63) is 59.2 Å². The first-order valence-corrected chi connectivity index (χ1v) is 5.60. The van der Waals surface area contributed by atoms with E-state index in [9.17, 15) is 13.9 Å². The quantitative estimate of drug-likeness (QED) is 0.839. The maximum absolute atomic E-state index is 13.6. The zero-order valence-electron chi connectivity index (χ0n) is 10.2. The summed E-state index contributed by atoms with van der Waals surface area (Å²) in [6.07, 6.45) is -1.49. The highest BCUT2D eigenvalue weighted by atomic mass is 19.1. The number of benzene rings is 2. The van der Waals surface area contributed by atoms with E-state index in [-0.39, 0.29) is 11.3 Å². The van der Waals surface area contributed by atoms with Crippen LogP contribution in [0.1, 0.15) is 17.2 Å². The van der Waals surface area contributed by atoms with Gasteiger partial charge in [-0.1, -0.05) is 18.2 Å². The number of aliphatic hydroxyl groups excluding tert-OH is 1. The highest BCUT2D eigenvalue weighted by Gasteiger charge is 2.22. The number of nitrogen functional groups attached to an aromatic ring is 1. The van der Waals surface area contributed by atoms with Gasteiger partial charge in [-0.3, -0.25) is 0 Å². The van der Waals surface area contributed by atoms with Crippen LogP contribution in [0.3, 0.4) is 0 Å². The molecule has 0 radical (unpaired) electrons. The molecule has 0 heterocycles. The van der Waals surface area contributed by atoms with E-state index in [2.05, 4.69) is 0 Å². The third-order valence-electron chi connectivity index (χ3n) is 2.89. The standard InChI is InChI=1S/C14H13F2NO2/c1-19-11-7-2-4-8(13(11)17)14(18)12-9(15)5-3-6-10(12)16/h2-7,14,18H,17H2,1H3. The van der Waals surface area contributed by atoms with Crippen molar-refractivity contribution in [2.45, 2.75) is 6.10 Å². The lowest BCUT2D eigenvalue weighted by atomic mass is 9.98. The van der Waals surface area contributed by atoms with Gasteiger partial charge in [0.05, 0.1) is 18.4 Å². The number of hydrogen-bond acceptors (Lipinski definition) is 3. The predicted molar refractivity (Wildman–Crippen MR) is 67.8 cm³/mol. The van der Waals surface area contributed by atoms with Gasteiger partial charge in [-0.05, 0) is 18.2 Å². The Hall–Kier alpha value is -2.14. The van der Waals surface area contributed by atoms with Gasteiger partial charge in [0, 0.05) is 5.56 Å². The minimum absolute atomic E-state index is 0.153. The zero-order chi connectivity index (χ0) is 14.0. The van der Waals surface area contributed by atoms with Gasteiger partial charge in [0.1, 0.15) is 23.5 Å². The fourth-order valence-corrected chi connectivity index (χ4v) is 1.90. The molecule has 1 atom stereocenters. The molecular formula is C14H13F2NO2. The first-order chi connectivity index (χ1) is 9.06. The molecule has 2 rings (SSSR count). The molecular weight excluding hydrogens is 252 g/mol. The van der Waals surface area contributed by atoms with Crippen molar-refractivity contribution in [3.8, 4) is 5.75 Å². The van der Waals surface area contributed by atoms with Crippen LogP contribution >= 0.6 is 0 Å². The van der Waals surface area contributed by atoms with Gasteiger partial charge in [-0.15, -0.1) is 0 Å². The number of hydrogen-bond donors (Lipinski definition) is 2. The number of para-hydroxylation sites is 1. The Morgan fingerprint density at radius 1 is 1.11 bits per heavy atom. The monoisotopic (exact) mass is 265 g/mol. The SMILES string of the molecule is COc1cccc(C(O)c2c(F)cccc2F)c1N. The van der Waals surface area contributed by atoms with Gasteiger partial charge in [-0.2, -0.15) is 0 Å². The lowest BCUT2D eigenvalue weighted by molar-refractivity contribution is 0.209. The molecule has 0 saturated heterocycles. The van der Waals surface area contributed by atoms with Gasteiger partial charge in [0.25, 0.3) is 0 Å². The number of ether oxygens (including phenoxy) is 1. The lowest BCUT2D eigenvalue weighted by Gasteiger charge is -2.17. The Bertz CT molecular complexity index is 582. The molecule has 0 saturated carbocycles. The molecule has 0 amide bonds. The van der Waals surface area contributed by atoms with Crippen LogP contribution in [0.2, 0.25) is 0 Å². The van der Waals surface area contributed by atoms with Crippen LogP contribution in [0.5, 0.6) is 5.75 Å². The van der Waals surface area contributed by atoms with Gasteiger partial charge >= 0.3 is 0 Å². The van der Waals surface area contributed by atoms with E-state index >= 15 is 0 Å². The molecule has 0 aliphatic carbocycles. The highest BCUT2D eigenvalue weighted by Crippen LogP contribution is 2.34. The molecule has 0 spiro atoms. The largest absolute Gasteiger partial charge is 0.495 e. The second-order valence-electron chi connectivity index (χ2n) is 4.00. The first-order valence-electron chi connectivity index (χ1n) is 5.60. The molecule has 1 unspecified atom stereocenters. The van der Waals surface area contributed by atoms with E-state index in [1.807, 2.05) is 0 Å². The van der Waals surface area contributed by atoms with Crippen LogP contribution < -0.4 is 10.5 Å². The van der Waals surface area contributed by atoms with Crippen molar-refractivity contribution in [2.24, 2.45) is 0 Å². The number of halogens is 2. The smallest absolute Gasteiger partial charge is 0.142 e. The first kappa shape index (κ1) is 13.3. The Morgan fingerprint density at radius 2 is 1.68 bits per heavy atom. The molecule has 0 bridgehead atoms. The molecule has 0 aliphatic rings. The van der Waals surface area contributed by atoms with Crippen molar-refractivity contribution < 1.29 is 18.6 Å². The lowest BCUT2D eigenvalue weighted by Crippen LogP contribution is -2.09. The predicted octanol–water partition coefficient (Wildman–Crippen LogP) is 2.64. The average Bonchev–Trinajstić information content (AvgIpc) is 2.38. The summed E-state index contributed by atoms with van der Waals surface area (Å²) in [4.78, 5) is 0. The second kappa shape index (κ2) is 5.24. The number of anilines is 1. The average molecular weight is 265 g/mol. The molecule has 19 heavy (non-hydrogen) atoms. The number of nitrogens with two attached hydrogens (primary N) is 1. The molecule has 0 aliphatic heterocycles. The number of aliphatic hydroxyl groups is 1. The summed E-state index contributed by atoms with van der Waals surface area (Å²) >= 11 is 0. The summed E-state index contributed by atoms with van der Waals surface area (Å²) in [5.74, 6) is -1.31. The normalized spacial score (nSPS) is 12.2. The molecule has 3 N–H and O–H groups in total. The van der Waals surface area contributed by atoms with E-state index in [1.165, 1.54) is 19.2 Å². The fourth-order valence-electron chi connectivity index (χ4n) is 1.90. The van der Waals surface area contributed by atoms with E-state index in [1.54, 1.807) is 12.1 Å². The summed E-state index contributed by atoms with van der Waals surface area (Å²) < 4.78 is 32.3. The Balaban J connectivity index is 2.53. The maximum atomic E-state index is 13.6. The molecule has 2 aromatic rings. The number of rotatable bonds is 3. The van der Waals surface area contributed by atoms with Crippen molar-refractivity contribution in [1.82, 2.24) is 0 Å². The highest BCUT2D eigenvalue weighted by molar-refractivity contribution is 5.60. The molecule has 5 heteroatoms. The van der Waals surface area contributed by atoms with Crippen LogP contribution in [0.4, 0.5) is 14.5 Å². The van der Waals surface area contributed by atoms with Crippen LogP contribution in [0.25, 0.3) is 0 Å². The fraction of sp³-hybridized carbons (Fsp3) is 0.143. The summed E-state index contributed by atoms with van der Waals surface area (Å²) in [5, 5.41) is 10.1.